The van der Waals surface area contributed by atoms with E-state index >= 15 is 0 Å². The minimum Gasteiger partial charge on any atom is -0.366 e. The highest BCUT2D eigenvalue weighted by Gasteiger charge is 2.22. The van der Waals surface area contributed by atoms with E-state index in [4.69, 9.17) is 0 Å². The Morgan fingerprint density at radius 3 is 2.50 bits per heavy atom. The van der Waals surface area contributed by atoms with Crippen LogP contribution in [0.25, 0.3) is 0 Å². The van der Waals surface area contributed by atoms with Crippen LogP contribution in [0.15, 0.2) is 48.5 Å². The van der Waals surface area contributed by atoms with Gasteiger partial charge in [0.2, 0.25) is 11.8 Å². The molecule has 1 fully saturated rings. The predicted octanol–water partition coefficient (Wildman–Crippen LogP) is 3.15. The Labute approximate surface area is 168 Å². The molecule has 1 saturated heterocycles. The van der Waals surface area contributed by atoms with Crippen LogP contribution in [0.4, 0.5) is 15.8 Å². The van der Waals surface area contributed by atoms with Gasteiger partial charge in [0.15, 0.2) is 0 Å². The number of carbonyl (C=O) groups excluding carboxylic acids is 2. The van der Waals surface area contributed by atoms with Crippen molar-refractivity contribution in [3.8, 4) is 0 Å². The molecule has 0 radical (unpaired) electrons. The van der Waals surface area contributed by atoms with E-state index in [2.05, 4.69) is 5.32 Å². The van der Waals surface area contributed by atoms with Crippen molar-refractivity contribution >= 4 is 35.0 Å². The second kappa shape index (κ2) is 9.59. The zero-order valence-electron chi connectivity index (χ0n) is 15.9. The van der Waals surface area contributed by atoms with Crippen LogP contribution in [-0.4, -0.2) is 54.4 Å². The van der Waals surface area contributed by atoms with Gasteiger partial charge in [-0.15, -0.1) is 11.8 Å². The summed E-state index contributed by atoms with van der Waals surface area (Å²) in [5, 5.41) is 2.84. The van der Waals surface area contributed by atoms with E-state index in [0.717, 1.165) is 11.3 Å². The van der Waals surface area contributed by atoms with E-state index in [1.165, 1.54) is 17.8 Å². The minimum absolute atomic E-state index is 0.0153. The summed E-state index contributed by atoms with van der Waals surface area (Å²) in [5.74, 6) is 0.155. The molecule has 1 aliphatic heterocycles. The van der Waals surface area contributed by atoms with Gasteiger partial charge in [0, 0.05) is 31.9 Å². The molecule has 0 aromatic heterocycles. The molecular weight excluding hydrogens is 377 g/mol. The molecule has 0 aliphatic carbocycles. The lowest BCUT2D eigenvalue weighted by Crippen LogP contribution is -2.49. The second-order valence-electron chi connectivity index (χ2n) is 6.73. The molecule has 2 aromatic rings. The first-order valence-corrected chi connectivity index (χ1v) is 10.4. The maximum absolute atomic E-state index is 13.9. The van der Waals surface area contributed by atoms with Crippen molar-refractivity contribution in [1.82, 2.24) is 4.90 Å². The van der Waals surface area contributed by atoms with Crippen molar-refractivity contribution in [2.75, 3.05) is 47.9 Å². The first-order valence-electron chi connectivity index (χ1n) is 9.24. The molecule has 0 atom stereocenters. The maximum atomic E-state index is 13.9. The number of thioether (sulfide) groups is 1. The van der Waals surface area contributed by atoms with Gasteiger partial charge in [-0.25, -0.2) is 4.39 Å². The summed E-state index contributed by atoms with van der Waals surface area (Å²) in [4.78, 5) is 28.1. The van der Waals surface area contributed by atoms with Gasteiger partial charge in [0.05, 0.1) is 17.2 Å². The molecule has 3 rings (SSSR count). The zero-order valence-corrected chi connectivity index (χ0v) is 16.7. The van der Waals surface area contributed by atoms with Gasteiger partial charge in [-0.3, -0.25) is 9.59 Å². The van der Waals surface area contributed by atoms with Crippen LogP contribution in [0.5, 0.6) is 0 Å². The summed E-state index contributed by atoms with van der Waals surface area (Å²) < 4.78 is 13.9. The van der Waals surface area contributed by atoms with Gasteiger partial charge in [-0.2, -0.15) is 0 Å². The number of halogens is 1. The molecule has 1 aliphatic rings. The Kier molecular flexibility index (Phi) is 6.92. The molecule has 2 aromatic carbocycles. The number of hydrogen-bond acceptors (Lipinski definition) is 4. The Balaban J connectivity index is 1.39. The quantitative estimate of drug-likeness (QED) is 0.808. The van der Waals surface area contributed by atoms with E-state index in [0.29, 0.717) is 31.9 Å². The number of carbonyl (C=O) groups is 2. The number of para-hydroxylation sites is 1. The average molecular weight is 402 g/mol. The number of nitrogens with zero attached hydrogens (tertiary/aromatic N) is 2. The van der Waals surface area contributed by atoms with E-state index in [1.807, 2.05) is 42.2 Å². The number of rotatable bonds is 6. The largest absolute Gasteiger partial charge is 0.366 e. The van der Waals surface area contributed by atoms with Crippen LogP contribution < -0.4 is 10.2 Å². The number of piperazine rings is 1. The fourth-order valence-corrected chi connectivity index (χ4v) is 3.86. The topological polar surface area (TPSA) is 52.7 Å². The highest BCUT2D eigenvalue weighted by molar-refractivity contribution is 8.00. The Hall–Kier alpha value is -2.54. The molecule has 0 spiro atoms. The molecular formula is C21H24FN3O2S. The Bertz CT molecular complexity index is 838. The molecule has 0 saturated carbocycles. The van der Waals surface area contributed by atoms with Crippen molar-refractivity contribution in [1.29, 1.82) is 0 Å². The van der Waals surface area contributed by atoms with E-state index in [9.17, 15) is 14.0 Å². The van der Waals surface area contributed by atoms with Crippen molar-refractivity contribution in [2.24, 2.45) is 0 Å². The first kappa shape index (κ1) is 20.2. The molecule has 148 valence electrons. The van der Waals surface area contributed by atoms with Gasteiger partial charge in [0.25, 0.3) is 0 Å². The molecule has 2 amide bonds. The van der Waals surface area contributed by atoms with Crippen LogP contribution in [-0.2, 0) is 9.59 Å². The molecule has 1 N–H and O–H groups in total. The zero-order chi connectivity index (χ0) is 19.9. The average Bonchev–Trinajstić information content (AvgIpc) is 2.68. The SMILES string of the molecule is Cc1cccc(NC(=O)CSCC(=O)N2CCN(c3ccccc3F)CC2)c1. The highest BCUT2D eigenvalue weighted by atomic mass is 32.2. The Morgan fingerprint density at radius 2 is 1.79 bits per heavy atom. The maximum Gasteiger partial charge on any atom is 0.234 e. The smallest absolute Gasteiger partial charge is 0.234 e. The highest BCUT2D eigenvalue weighted by Crippen LogP contribution is 2.20. The van der Waals surface area contributed by atoms with Gasteiger partial charge in [0.1, 0.15) is 5.82 Å². The van der Waals surface area contributed by atoms with Crippen LogP contribution in [0, 0.1) is 12.7 Å². The summed E-state index contributed by atoms with van der Waals surface area (Å²) in [6.45, 7) is 4.29. The molecule has 0 unspecified atom stereocenters. The number of hydrogen-bond donors (Lipinski definition) is 1. The number of nitrogens with one attached hydrogen (secondary N) is 1. The van der Waals surface area contributed by atoms with Crippen LogP contribution >= 0.6 is 11.8 Å². The molecule has 1 heterocycles. The monoisotopic (exact) mass is 401 g/mol. The van der Waals surface area contributed by atoms with Crippen molar-refractivity contribution in [3.63, 3.8) is 0 Å². The van der Waals surface area contributed by atoms with E-state index < -0.39 is 0 Å². The summed E-state index contributed by atoms with van der Waals surface area (Å²) in [6, 6.07) is 14.3. The first-order chi connectivity index (χ1) is 13.5. The van der Waals surface area contributed by atoms with Crippen LogP contribution in [0.2, 0.25) is 0 Å². The van der Waals surface area contributed by atoms with E-state index in [-0.39, 0.29) is 29.1 Å². The third kappa shape index (κ3) is 5.48. The fraction of sp³-hybridized carbons (Fsp3) is 0.333. The lowest BCUT2D eigenvalue weighted by Gasteiger charge is -2.36. The number of amides is 2. The van der Waals surface area contributed by atoms with Gasteiger partial charge in [-0.05, 0) is 36.8 Å². The second-order valence-corrected chi connectivity index (χ2v) is 7.72. The lowest BCUT2D eigenvalue weighted by atomic mass is 10.2. The number of aryl methyl sites for hydroxylation is 1. The predicted molar refractivity (Wildman–Crippen MR) is 112 cm³/mol. The summed E-state index contributed by atoms with van der Waals surface area (Å²) in [7, 11) is 0. The van der Waals surface area contributed by atoms with Gasteiger partial charge >= 0.3 is 0 Å². The number of anilines is 2. The third-order valence-electron chi connectivity index (χ3n) is 4.59. The summed E-state index contributed by atoms with van der Waals surface area (Å²) in [6.07, 6.45) is 0. The Morgan fingerprint density at radius 1 is 1.04 bits per heavy atom. The molecule has 7 heteroatoms. The summed E-state index contributed by atoms with van der Waals surface area (Å²) in [5.41, 5.74) is 2.42. The molecule has 5 nitrogen and oxygen atoms in total. The standard InChI is InChI=1S/C21H24FN3O2S/c1-16-5-4-6-17(13-16)23-20(26)14-28-15-21(27)25-11-9-24(10-12-25)19-8-3-2-7-18(19)22/h2-8,13H,9-12,14-15H2,1H3,(H,23,26). The van der Waals surface area contributed by atoms with Crippen molar-refractivity contribution in [2.45, 2.75) is 6.92 Å². The number of benzene rings is 2. The summed E-state index contributed by atoms with van der Waals surface area (Å²) >= 11 is 1.31. The normalized spacial score (nSPS) is 14.1. The van der Waals surface area contributed by atoms with Crippen molar-refractivity contribution in [3.05, 3.63) is 59.9 Å². The van der Waals surface area contributed by atoms with Crippen LogP contribution in [0.3, 0.4) is 0 Å². The van der Waals surface area contributed by atoms with Crippen LogP contribution in [0.1, 0.15) is 5.56 Å². The third-order valence-corrected chi connectivity index (χ3v) is 5.50. The molecule has 28 heavy (non-hydrogen) atoms. The minimum atomic E-state index is -0.238. The lowest BCUT2D eigenvalue weighted by molar-refractivity contribution is -0.128. The fourth-order valence-electron chi connectivity index (χ4n) is 3.15. The van der Waals surface area contributed by atoms with E-state index in [1.54, 1.807) is 17.0 Å². The van der Waals surface area contributed by atoms with Crippen molar-refractivity contribution < 1.29 is 14.0 Å². The van der Waals surface area contributed by atoms with Gasteiger partial charge < -0.3 is 15.1 Å². The molecule has 0 bridgehead atoms. The van der Waals surface area contributed by atoms with Gasteiger partial charge in [-0.1, -0.05) is 24.3 Å².